The van der Waals surface area contributed by atoms with E-state index >= 15 is 0 Å². The molecular formula is C16H23F3N4O4S. The van der Waals surface area contributed by atoms with E-state index in [-0.39, 0.29) is 44.3 Å². The number of hydrogen-bond acceptors (Lipinski definition) is 5. The van der Waals surface area contributed by atoms with Crippen molar-refractivity contribution in [2.24, 2.45) is 4.99 Å². The van der Waals surface area contributed by atoms with Crippen LogP contribution in [0.15, 0.2) is 23.2 Å². The highest BCUT2D eigenvalue weighted by molar-refractivity contribution is 7.90. The fourth-order valence-electron chi connectivity index (χ4n) is 2.78. The van der Waals surface area contributed by atoms with E-state index < -0.39 is 15.5 Å². The second-order valence-electron chi connectivity index (χ2n) is 6.19. The average molecular weight is 424 g/mol. The number of aromatic hydroxyl groups is 1. The van der Waals surface area contributed by atoms with Gasteiger partial charge < -0.3 is 20.5 Å². The van der Waals surface area contributed by atoms with Crippen LogP contribution < -0.4 is 15.4 Å². The minimum Gasteiger partial charge on any atom is -0.508 e. The van der Waals surface area contributed by atoms with Crippen LogP contribution in [-0.2, 0) is 16.6 Å². The van der Waals surface area contributed by atoms with Crippen LogP contribution in [0.25, 0.3) is 0 Å². The lowest BCUT2D eigenvalue weighted by molar-refractivity contribution is -0.0494. The first kappa shape index (κ1) is 22.1. The van der Waals surface area contributed by atoms with Crippen molar-refractivity contribution >= 4 is 16.0 Å². The molecule has 0 unspecified atom stereocenters. The van der Waals surface area contributed by atoms with Crippen LogP contribution in [0.5, 0.6) is 11.5 Å². The fraction of sp³-hybridized carbons (Fsp3) is 0.562. The Morgan fingerprint density at radius 1 is 1.36 bits per heavy atom. The maximum atomic E-state index is 12.6. The molecule has 8 nitrogen and oxygen atoms in total. The van der Waals surface area contributed by atoms with Gasteiger partial charge in [-0.05, 0) is 31.0 Å². The van der Waals surface area contributed by atoms with E-state index in [1.54, 1.807) is 12.1 Å². The zero-order valence-electron chi connectivity index (χ0n) is 15.5. The molecule has 0 aliphatic carbocycles. The number of phenolic OH excluding ortho intramolecular Hbond substituents is 1. The SMILES string of the molecule is CN=C(NCc1cc(OC)ccc1O)NC1CCN(S(=O)(=O)C(F)(F)F)CC1. The Labute approximate surface area is 161 Å². The summed E-state index contributed by atoms with van der Waals surface area (Å²) in [6, 6.07) is 4.55. The van der Waals surface area contributed by atoms with Gasteiger partial charge in [-0.2, -0.15) is 17.5 Å². The smallest absolute Gasteiger partial charge is 0.508 e. The number of halogens is 3. The predicted octanol–water partition coefficient (Wildman–Crippen LogP) is 1.38. The van der Waals surface area contributed by atoms with Gasteiger partial charge in [0.2, 0.25) is 0 Å². The number of ether oxygens (including phenoxy) is 1. The molecule has 2 rings (SSSR count). The van der Waals surface area contributed by atoms with Gasteiger partial charge in [0.05, 0.1) is 7.11 Å². The molecule has 1 aliphatic heterocycles. The lowest BCUT2D eigenvalue weighted by Gasteiger charge is -2.32. The summed E-state index contributed by atoms with van der Waals surface area (Å²) >= 11 is 0. The van der Waals surface area contributed by atoms with Crippen molar-refractivity contribution in [1.29, 1.82) is 0 Å². The highest BCUT2D eigenvalue weighted by Gasteiger charge is 2.50. The number of nitrogens with zero attached hydrogens (tertiary/aromatic N) is 2. The third kappa shape index (κ3) is 5.19. The van der Waals surface area contributed by atoms with Gasteiger partial charge in [-0.1, -0.05) is 0 Å². The second kappa shape index (κ2) is 8.86. The van der Waals surface area contributed by atoms with E-state index in [2.05, 4.69) is 15.6 Å². The summed E-state index contributed by atoms with van der Waals surface area (Å²) in [5.74, 6) is 1.05. The topological polar surface area (TPSA) is 103 Å². The van der Waals surface area contributed by atoms with Gasteiger partial charge in [-0.15, -0.1) is 0 Å². The molecule has 0 atom stereocenters. The van der Waals surface area contributed by atoms with Gasteiger partial charge in [0.1, 0.15) is 11.5 Å². The Bertz CT molecular complexity index is 807. The molecule has 0 amide bonds. The zero-order valence-corrected chi connectivity index (χ0v) is 16.3. The summed E-state index contributed by atoms with van der Waals surface area (Å²) in [6.45, 7) is -0.218. The Balaban J connectivity index is 1.90. The Morgan fingerprint density at radius 3 is 2.54 bits per heavy atom. The van der Waals surface area contributed by atoms with Gasteiger partial charge in [-0.3, -0.25) is 4.99 Å². The van der Waals surface area contributed by atoms with Gasteiger partial charge >= 0.3 is 15.5 Å². The first-order valence-corrected chi connectivity index (χ1v) is 9.92. The normalized spacial score (nSPS) is 17.4. The number of guanidine groups is 1. The lowest BCUT2D eigenvalue weighted by atomic mass is 10.1. The predicted molar refractivity (Wildman–Crippen MR) is 97.6 cm³/mol. The van der Waals surface area contributed by atoms with Crippen LogP contribution in [0.2, 0.25) is 0 Å². The number of hydrogen-bond donors (Lipinski definition) is 3. The maximum Gasteiger partial charge on any atom is 0.511 e. The molecule has 1 aliphatic rings. The Morgan fingerprint density at radius 2 is 2.00 bits per heavy atom. The molecule has 28 heavy (non-hydrogen) atoms. The molecule has 12 heteroatoms. The van der Waals surface area contributed by atoms with E-state index in [4.69, 9.17) is 4.74 Å². The number of nitrogens with one attached hydrogen (secondary N) is 2. The van der Waals surface area contributed by atoms with Crippen molar-refractivity contribution in [2.75, 3.05) is 27.2 Å². The van der Waals surface area contributed by atoms with Gasteiger partial charge in [0.15, 0.2) is 5.96 Å². The molecular weight excluding hydrogens is 401 g/mol. The van der Waals surface area contributed by atoms with Crippen LogP contribution >= 0.6 is 0 Å². The largest absolute Gasteiger partial charge is 0.511 e. The summed E-state index contributed by atoms with van der Waals surface area (Å²) in [6.07, 6.45) is 0.417. The van der Waals surface area contributed by atoms with E-state index in [1.165, 1.54) is 20.2 Å². The van der Waals surface area contributed by atoms with E-state index in [0.717, 1.165) is 0 Å². The number of alkyl halides is 3. The van der Waals surface area contributed by atoms with Crippen molar-refractivity contribution in [3.63, 3.8) is 0 Å². The average Bonchev–Trinajstić information content (AvgIpc) is 2.65. The van der Waals surface area contributed by atoms with E-state index in [9.17, 15) is 26.7 Å². The van der Waals surface area contributed by atoms with Gasteiger partial charge in [0, 0.05) is 38.3 Å². The van der Waals surface area contributed by atoms with Crippen LogP contribution in [0.1, 0.15) is 18.4 Å². The number of methoxy groups -OCH3 is 1. The highest BCUT2D eigenvalue weighted by atomic mass is 32.2. The molecule has 158 valence electrons. The molecule has 1 heterocycles. The number of aliphatic imine (C=N–C) groups is 1. The minimum absolute atomic E-state index is 0.0782. The number of phenols is 1. The van der Waals surface area contributed by atoms with Crippen LogP contribution in [0.3, 0.4) is 0 Å². The second-order valence-corrected chi connectivity index (χ2v) is 8.12. The van der Waals surface area contributed by atoms with E-state index in [1.807, 2.05) is 0 Å². The van der Waals surface area contributed by atoms with Gasteiger partial charge in [-0.25, -0.2) is 8.42 Å². The van der Waals surface area contributed by atoms with Crippen molar-refractivity contribution in [3.05, 3.63) is 23.8 Å². The third-order valence-corrected chi connectivity index (χ3v) is 6.01. The summed E-state index contributed by atoms with van der Waals surface area (Å²) in [5, 5.41) is 16.0. The first-order valence-electron chi connectivity index (χ1n) is 8.48. The monoisotopic (exact) mass is 424 g/mol. The molecule has 3 N–H and O–H groups in total. The zero-order chi connectivity index (χ0) is 20.9. The molecule has 0 bridgehead atoms. The van der Waals surface area contributed by atoms with Crippen LogP contribution in [0, 0.1) is 0 Å². The number of piperidine rings is 1. The van der Waals surface area contributed by atoms with Crippen molar-refractivity contribution in [3.8, 4) is 11.5 Å². The maximum absolute atomic E-state index is 12.6. The van der Waals surface area contributed by atoms with Crippen LogP contribution in [0.4, 0.5) is 13.2 Å². The van der Waals surface area contributed by atoms with E-state index in [0.29, 0.717) is 21.6 Å². The highest BCUT2D eigenvalue weighted by Crippen LogP contribution is 2.29. The summed E-state index contributed by atoms with van der Waals surface area (Å²) in [7, 11) is -2.25. The number of benzene rings is 1. The molecule has 1 fully saturated rings. The van der Waals surface area contributed by atoms with Crippen molar-refractivity contribution < 1.29 is 31.4 Å². The van der Waals surface area contributed by atoms with Gasteiger partial charge in [0.25, 0.3) is 0 Å². The number of sulfonamides is 1. The minimum atomic E-state index is -5.29. The first-order chi connectivity index (χ1) is 13.1. The molecule has 0 radical (unpaired) electrons. The molecule has 1 saturated heterocycles. The number of rotatable bonds is 5. The van der Waals surface area contributed by atoms with Crippen molar-refractivity contribution in [1.82, 2.24) is 14.9 Å². The van der Waals surface area contributed by atoms with Crippen LogP contribution in [-0.4, -0.2) is 62.6 Å². The Kier molecular flexibility index (Phi) is 6.99. The molecule has 1 aromatic rings. The summed E-state index contributed by atoms with van der Waals surface area (Å²) in [4.78, 5) is 4.05. The quantitative estimate of drug-likeness (QED) is 0.488. The van der Waals surface area contributed by atoms with Crippen molar-refractivity contribution in [2.45, 2.75) is 30.9 Å². The Hall–Kier alpha value is -2.21. The lowest BCUT2D eigenvalue weighted by Crippen LogP contribution is -2.51. The standard InChI is InChI=1S/C16H23F3N4O4S/c1-20-15(21-10-11-9-13(27-2)3-4-14(11)24)22-12-5-7-23(8-6-12)28(25,26)16(17,18)19/h3-4,9,12,24H,5-8,10H2,1-2H3,(H2,20,21,22). The fourth-order valence-corrected chi connectivity index (χ4v) is 3.77. The summed E-state index contributed by atoms with van der Waals surface area (Å²) in [5.41, 5.74) is -4.71. The molecule has 0 spiro atoms. The third-order valence-electron chi connectivity index (χ3n) is 4.38. The summed E-state index contributed by atoms with van der Waals surface area (Å²) < 4.78 is 66.3. The molecule has 1 aromatic carbocycles. The molecule has 0 saturated carbocycles. The molecule has 0 aromatic heterocycles.